The number of hydrogen-bond donors (Lipinski definition) is 2. The number of amides is 1. The van der Waals surface area contributed by atoms with Gasteiger partial charge in [-0.1, -0.05) is 11.6 Å². The number of carbonyl (C=O) groups is 1. The van der Waals surface area contributed by atoms with Crippen LogP contribution in [-0.2, 0) is 13.0 Å². The summed E-state index contributed by atoms with van der Waals surface area (Å²) in [7, 11) is 0. The van der Waals surface area contributed by atoms with E-state index in [4.69, 9.17) is 17.3 Å². The van der Waals surface area contributed by atoms with Crippen molar-refractivity contribution in [1.29, 1.82) is 0 Å². The lowest BCUT2D eigenvalue weighted by Crippen LogP contribution is -2.24. The van der Waals surface area contributed by atoms with Crippen LogP contribution in [0.4, 0.5) is 4.39 Å². The molecule has 0 aliphatic heterocycles. The summed E-state index contributed by atoms with van der Waals surface area (Å²) in [6.45, 7) is 0.412. The second-order valence-corrected chi connectivity index (χ2v) is 5.57. The molecule has 122 valence electrons. The van der Waals surface area contributed by atoms with Gasteiger partial charge in [0.05, 0.1) is 17.2 Å². The third-order valence-corrected chi connectivity index (χ3v) is 3.77. The summed E-state index contributed by atoms with van der Waals surface area (Å²) < 4.78 is 13.7. The van der Waals surface area contributed by atoms with Gasteiger partial charge in [-0.05, 0) is 18.7 Å². The van der Waals surface area contributed by atoms with Crippen molar-refractivity contribution in [3.8, 4) is 0 Å². The Labute approximate surface area is 148 Å². The standard InChI is InChI=1S/C12H12ClFN4OS.2ClH/c13-11-10(18-9(20-11)3-4-15)12(19)17-6-8-7(14)2-1-5-16-8;;/h1-2,5H,3-4,6,15H2,(H,17,19);2*1H. The number of rotatable bonds is 5. The lowest BCUT2D eigenvalue weighted by atomic mass is 10.3. The molecule has 10 heteroatoms. The summed E-state index contributed by atoms with van der Waals surface area (Å²) in [5, 5.41) is 3.24. The molecule has 0 fully saturated rings. The van der Waals surface area contributed by atoms with Crippen LogP contribution in [0.5, 0.6) is 0 Å². The van der Waals surface area contributed by atoms with Crippen LogP contribution in [0.25, 0.3) is 0 Å². The number of carbonyl (C=O) groups excluding carboxylic acids is 1. The summed E-state index contributed by atoms with van der Waals surface area (Å²) in [6.07, 6.45) is 2.02. The van der Waals surface area contributed by atoms with E-state index in [9.17, 15) is 9.18 Å². The van der Waals surface area contributed by atoms with Gasteiger partial charge in [0.2, 0.25) is 0 Å². The van der Waals surface area contributed by atoms with Crippen molar-refractivity contribution in [2.45, 2.75) is 13.0 Å². The fraction of sp³-hybridized carbons (Fsp3) is 0.250. The Balaban J connectivity index is 0.00000220. The van der Waals surface area contributed by atoms with Crippen LogP contribution in [0.3, 0.4) is 0 Å². The number of aromatic nitrogens is 2. The van der Waals surface area contributed by atoms with Gasteiger partial charge in [-0.15, -0.1) is 36.2 Å². The SMILES string of the molecule is Cl.Cl.NCCc1nc(C(=O)NCc2ncccc2F)c(Cl)s1. The van der Waals surface area contributed by atoms with Crippen LogP contribution in [0, 0.1) is 5.82 Å². The largest absolute Gasteiger partial charge is 0.345 e. The van der Waals surface area contributed by atoms with E-state index in [1.807, 2.05) is 0 Å². The summed E-state index contributed by atoms with van der Waals surface area (Å²) in [5.41, 5.74) is 5.72. The van der Waals surface area contributed by atoms with Crippen molar-refractivity contribution >= 4 is 53.7 Å². The fourth-order valence-electron chi connectivity index (χ4n) is 1.51. The normalized spacial score (nSPS) is 9.59. The average Bonchev–Trinajstić information content (AvgIpc) is 2.79. The fourth-order valence-corrected chi connectivity index (χ4v) is 2.70. The number of hydrogen-bond acceptors (Lipinski definition) is 5. The van der Waals surface area contributed by atoms with E-state index in [1.165, 1.54) is 29.7 Å². The van der Waals surface area contributed by atoms with Crippen molar-refractivity contribution in [2.24, 2.45) is 5.73 Å². The predicted octanol–water partition coefficient (Wildman–Crippen LogP) is 2.61. The molecule has 0 saturated heterocycles. The molecule has 22 heavy (non-hydrogen) atoms. The first-order valence-corrected chi connectivity index (χ1v) is 7.04. The number of nitrogens with one attached hydrogen (secondary N) is 1. The molecule has 5 nitrogen and oxygen atoms in total. The van der Waals surface area contributed by atoms with Gasteiger partial charge < -0.3 is 11.1 Å². The van der Waals surface area contributed by atoms with Gasteiger partial charge >= 0.3 is 0 Å². The summed E-state index contributed by atoms with van der Waals surface area (Å²) >= 11 is 7.17. The molecule has 0 radical (unpaired) electrons. The number of thiazole rings is 1. The van der Waals surface area contributed by atoms with Crippen molar-refractivity contribution in [3.05, 3.63) is 44.9 Å². The van der Waals surface area contributed by atoms with E-state index in [1.54, 1.807) is 0 Å². The first kappa shape index (κ1) is 21.0. The van der Waals surface area contributed by atoms with Gasteiger partial charge in [-0.3, -0.25) is 9.78 Å². The van der Waals surface area contributed by atoms with Gasteiger partial charge in [-0.25, -0.2) is 9.37 Å². The number of halogens is 4. The Hall–Kier alpha value is -0.990. The number of nitrogens with zero attached hydrogens (tertiary/aromatic N) is 2. The molecular formula is C12H14Cl3FN4OS. The topological polar surface area (TPSA) is 80.9 Å². The minimum Gasteiger partial charge on any atom is -0.345 e. The molecule has 0 aromatic carbocycles. The molecule has 0 aliphatic carbocycles. The number of pyridine rings is 1. The third-order valence-electron chi connectivity index (χ3n) is 2.45. The second-order valence-electron chi connectivity index (χ2n) is 3.88. The van der Waals surface area contributed by atoms with E-state index in [-0.39, 0.29) is 42.7 Å². The third kappa shape index (κ3) is 5.33. The maximum atomic E-state index is 13.4. The monoisotopic (exact) mass is 386 g/mol. The van der Waals surface area contributed by atoms with Crippen LogP contribution >= 0.6 is 47.8 Å². The Bertz CT molecular complexity index is 626. The molecule has 0 bridgehead atoms. The zero-order valence-corrected chi connectivity index (χ0v) is 14.4. The van der Waals surface area contributed by atoms with E-state index < -0.39 is 11.7 Å². The van der Waals surface area contributed by atoms with Crippen LogP contribution in [0.2, 0.25) is 4.34 Å². The zero-order chi connectivity index (χ0) is 14.5. The molecule has 3 N–H and O–H groups in total. The molecule has 0 unspecified atom stereocenters. The second kappa shape index (κ2) is 9.91. The highest BCUT2D eigenvalue weighted by Crippen LogP contribution is 2.24. The Kier molecular flexibility index (Phi) is 9.47. The molecule has 0 atom stereocenters. The lowest BCUT2D eigenvalue weighted by Gasteiger charge is -2.03. The highest BCUT2D eigenvalue weighted by Gasteiger charge is 2.17. The van der Waals surface area contributed by atoms with Crippen LogP contribution in [0.1, 0.15) is 21.2 Å². The molecule has 2 aromatic rings. The van der Waals surface area contributed by atoms with Crippen molar-refractivity contribution < 1.29 is 9.18 Å². The van der Waals surface area contributed by atoms with Gasteiger partial charge in [0.25, 0.3) is 5.91 Å². The molecule has 1 amide bonds. The molecule has 0 saturated carbocycles. The van der Waals surface area contributed by atoms with E-state index >= 15 is 0 Å². The van der Waals surface area contributed by atoms with Crippen molar-refractivity contribution in [2.75, 3.05) is 6.54 Å². The Morgan fingerprint density at radius 1 is 1.45 bits per heavy atom. The molecular weight excluding hydrogens is 374 g/mol. The smallest absolute Gasteiger partial charge is 0.272 e. The van der Waals surface area contributed by atoms with Gasteiger partial charge in [0.15, 0.2) is 5.69 Å². The summed E-state index contributed by atoms with van der Waals surface area (Å²) in [6, 6.07) is 2.76. The Morgan fingerprint density at radius 2 is 2.18 bits per heavy atom. The molecule has 0 spiro atoms. The van der Waals surface area contributed by atoms with Crippen molar-refractivity contribution in [1.82, 2.24) is 15.3 Å². The molecule has 0 aliphatic rings. The highest BCUT2D eigenvalue weighted by molar-refractivity contribution is 7.16. The molecule has 2 heterocycles. The minimum atomic E-state index is -0.471. The maximum Gasteiger partial charge on any atom is 0.272 e. The quantitative estimate of drug-likeness (QED) is 0.826. The summed E-state index contributed by atoms with van der Waals surface area (Å²) in [5.74, 6) is -0.930. The van der Waals surface area contributed by atoms with Gasteiger partial charge in [0, 0.05) is 12.6 Å². The van der Waals surface area contributed by atoms with Crippen molar-refractivity contribution in [3.63, 3.8) is 0 Å². The first-order valence-electron chi connectivity index (χ1n) is 5.84. The van der Waals surface area contributed by atoms with Gasteiger partial charge in [0.1, 0.15) is 10.2 Å². The van der Waals surface area contributed by atoms with Gasteiger partial charge in [-0.2, -0.15) is 0 Å². The van der Waals surface area contributed by atoms with Crippen LogP contribution < -0.4 is 11.1 Å². The van der Waals surface area contributed by atoms with E-state index in [2.05, 4.69) is 15.3 Å². The zero-order valence-electron chi connectivity index (χ0n) is 11.2. The molecule has 2 rings (SSSR count). The molecule has 2 aromatic heterocycles. The van der Waals surface area contributed by atoms with Crippen LogP contribution in [0.15, 0.2) is 18.3 Å². The first-order chi connectivity index (χ1) is 9.61. The van der Waals surface area contributed by atoms with E-state index in [0.717, 1.165) is 0 Å². The Morgan fingerprint density at radius 3 is 2.82 bits per heavy atom. The highest BCUT2D eigenvalue weighted by atomic mass is 35.5. The predicted molar refractivity (Wildman–Crippen MR) is 89.7 cm³/mol. The average molecular weight is 388 g/mol. The lowest BCUT2D eigenvalue weighted by molar-refractivity contribution is 0.0945. The summed E-state index contributed by atoms with van der Waals surface area (Å²) in [4.78, 5) is 19.9. The maximum absolute atomic E-state index is 13.4. The minimum absolute atomic E-state index is 0. The van der Waals surface area contributed by atoms with E-state index in [0.29, 0.717) is 22.3 Å². The van der Waals surface area contributed by atoms with Crippen LogP contribution in [-0.4, -0.2) is 22.4 Å². The number of nitrogens with two attached hydrogens (primary N) is 1.